The maximum absolute atomic E-state index is 11.2. The van der Waals surface area contributed by atoms with Crippen LogP contribution in [0.5, 0.6) is 5.75 Å². The molecule has 0 bridgehead atoms. The van der Waals surface area contributed by atoms with E-state index >= 15 is 0 Å². The van der Waals surface area contributed by atoms with Crippen LogP contribution in [-0.2, 0) is 6.42 Å². The predicted octanol–water partition coefficient (Wildman–Crippen LogP) is 3.75. The number of aryl methyl sites for hydroxylation is 1. The Balaban J connectivity index is 1.64. The first-order valence-electron chi connectivity index (χ1n) is 7.20. The zero-order valence-corrected chi connectivity index (χ0v) is 14.0. The molecule has 3 rings (SSSR count). The van der Waals surface area contributed by atoms with Crippen molar-refractivity contribution in [3.63, 3.8) is 0 Å². The van der Waals surface area contributed by atoms with Crippen LogP contribution in [0.3, 0.4) is 0 Å². The van der Waals surface area contributed by atoms with Crippen molar-refractivity contribution in [2.45, 2.75) is 12.8 Å². The minimum Gasteiger partial charge on any atom is -0.492 e. The summed E-state index contributed by atoms with van der Waals surface area (Å²) in [7, 11) is 0. The largest absolute Gasteiger partial charge is 0.492 e. The van der Waals surface area contributed by atoms with Crippen molar-refractivity contribution in [3.05, 3.63) is 58.0 Å². The Morgan fingerprint density at radius 1 is 1.25 bits per heavy atom. The highest BCUT2D eigenvalue weighted by Gasteiger charge is 2.13. The van der Waals surface area contributed by atoms with Crippen molar-refractivity contribution in [1.82, 2.24) is 14.6 Å². The molecule has 0 radical (unpaired) electrons. The van der Waals surface area contributed by atoms with Crippen LogP contribution in [0.2, 0.25) is 10.0 Å². The van der Waals surface area contributed by atoms with E-state index in [0.29, 0.717) is 46.7 Å². The molecule has 2 aromatic heterocycles. The molecule has 0 fully saturated rings. The molecule has 2 heterocycles. The van der Waals surface area contributed by atoms with Crippen molar-refractivity contribution in [3.8, 4) is 5.75 Å². The minimum absolute atomic E-state index is 0.125. The van der Waals surface area contributed by atoms with Crippen molar-refractivity contribution in [2.24, 2.45) is 0 Å². The second-order valence-electron chi connectivity index (χ2n) is 5.06. The van der Waals surface area contributed by atoms with Gasteiger partial charge in [-0.2, -0.15) is 0 Å². The summed E-state index contributed by atoms with van der Waals surface area (Å²) in [5.74, 6) is 0.222. The Labute approximate surface area is 147 Å². The number of aromatic carboxylic acids is 1. The van der Waals surface area contributed by atoms with Gasteiger partial charge in [-0.15, -0.1) is 10.2 Å². The summed E-state index contributed by atoms with van der Waals surface area (Å²) in [6.45, 7) is 0.439. The number of nitrogens with zero attached hydrogens (tertiary/aromatic N) is 3. The first kappa shape index (κ1) is 16.5. The third kappa shape index (κ3) is 3.44. The molecule has 1 aromatic carbocycles. The van der Waals surface area contributed by atoms with Crippen molar-refractivity contribution in [1.29, 1.82) is 0 Å². The molecule has 0 aliphatic heterocycles. The Bertz CT molecular complexity index is 895. The molecule has 0 aliphatic rings. The number of carboxylic acid groups (broad SMARTS) is 1. The van der Waals surface area contributed by atoms with Gasteiger partial charge < -0.3 is 9.84 Å². The molecule has 8 heteroatoms. The van der Waals surface area contributed by atoms with Crippen molar-refractivity contribution < 1.29 is 14.6 Å². The van der Waals surface area contributed by atoms with Crippen LogP contribution >= 0.6 is 23.2 Å². The SMILES string of the molecule is O=C(O)c1cccn2c(CCCOc3ccc(Cl)cc3Cl)nnc12. The highest BCUT2D eigenvalue weighted by atomic mass is 35.5. The van der Waals surface area contributed by atoms with E-state index in [1.54, 1.807) is 34.9 Å². The standard InChI is InChI=1S/C16H13Cl2N3O3/c17-10-5-6-13(12(18)9-10)24-8-2-4-14-19-20-15-11(16(22)23)3-1-7-21(14)15/h1,3,5-7,9H,2,4,8H2,(H,22,23). The molecule has 0 saturated carbocycles. The molecule has 1 N–H and O–H groups in total. The molecule has 24 heavy (non-hydrogen) atoms. The molecule has 0 saturated heterocycles. The maximum Gasteiger partial charge on any atom is 0.339 e. The van der Waals surface area contributed by atoms with Crippen LogP contribution in [-0.4, -0.2) is 32.3 Å². The fourth-order valence-electron chi connectivity index (χ4n) is 2.31. The molecule has 3 aromatic rings. The van der Waals surface area contributed by atoms with E-state index < -0.39 is 5.97 Å². The summed E-state index contributed by atoms with van der Waals surface area (Å²) >= 11 is 11.9. The smallest absolute Gasteiger partial charge is 0.339 e. The number of carbonyl (C=O) groups is 1. The van der Waals surface area contributed by atoms with E-state index in [4.69, 9.17) is 33.0 Å². The van der Waals surface area contributed by atoms with Gasteiger partial charge in [-0.05, 0) is 36.8 Å². The van der Waals surface area contributed by atoms with Gasteiger partial charge in [0.15, 0.2) is 5.65 Å². The summed E-state index contributed by atoms with van der Waals surface area (Å²) in [5, 5.41) is 18.2. The summed E-state index contributed by atoms with van der Waals surface area (Å²) in [5.41, 5.74) is 0.460. The highest BCUT2D eigenvalue weighted by Crippen LogP contribution is 2.27. The van der Waals surface area contributed by atoms with E-state index in [-0.39, 0.29) is 5.56 Å². The molecule has 0 amide bonds. The van der Waals surface area contributed by atoms with Crippen LogP contribution in [0.1, 0.15) is 22.6 Å². The molecule has 0 unspecified atom stereocenters. The first-order chi connectivity index (χ1) is 11.6. The lowest BCUT2D eigenvalue weighted by Gasteiger charge is -2.07. The van der Waals surface area contributed by atoms with E-state index in [9.17, 15) is 4.79 Å². The zero-order chi connectivity index (χ0) is 17.1. The third-order valence-corrected chi connectivity index (χ3v) is 3.96. The van der Waals surface area contributed by atoms with Crippen LogP contribution in [0.15, 0.2) is 36.5 Å². The van der Waals surface area contributed by atoms with E-state index in [0.717, 1.165) is 0 Å². The number of ether oxygens (including phenoxy) is 1. The zero-order valence-electron chi connectivity index (χ0n) is 12.4. The second-order valence-corrected chi connectivity index (χ2v) is 5.91. The molecular formula is C16H13Cl2N3O3. The lowest BCUT2D eigenvalue weighted by atomic mass is 10.2. The molecule has 0 aliphatic carbocycles. The fraction of sp³-hybridized carbons (Fsp3) is 0.188. The van der Waals surface area contributed by atoms with Crippen molar-refractivity contribution >= 4 is 34.8 Å². The number of benzene rings is 1. The molecule has 6 nitrogen and oxygen atoms in total. The predicted molar refractivity (Wildman–Crippen MR) is 90.2 cm³/mol. The fourth-order valence-corrected chi connectivity index (χ4v) is 2.77. The van der Waals surface area contributed by atoms with E-state index in [2.05, 4.69) is 10.2 Å². The van der Waals surface area contributed by atoms with Gasteiger partial charge in [-0.3, -0.25) is 4.40 Å². The lowest BCUT2D eigenvalue weighted by Crippen LogP contribution is -2.04. The van der Waals surface area contributed by atoms with Gasteiger partial charge in [0, 0.05) is 17.6 Å². The molecular weight excluding hydrogens is 353 g/mol. The summed E-state index contributed by atoms with van der Waals surface area (Å²) in [4.78, 5) is 11.2. The van der Waals surface area contributed by atoms with Gasteiger partial charge in [-0.1, -0.05) is 23.2 Å². The van der Waals surface area contributed by atoms with E-state index in [1.165, 1.54) is 6.07 Å². The average molecular weight is 366 g/mol. The normalized spacial score (nSPS) is 10.9. The van der Waals surface area contributed by atoms with Crippen LogP contribution < -0.4 is 4.74 Å². The van der Waals surface area contributed by atoms with Gasteiger partial charge in [0.2, 0.25) is 0 Å². The topological polar surface area (TPSA) is 76.7 Å². The van der Waals surface area contributed by atoms with Gasteiger partial charge in [0.05, 0.1) is 11.6 Å². The number of hydrogen-bond donors (Lipinski definition) is 1. The number of aromatic nitrogens is 3. The Kier molecular flexibility index (Phi) is 4.87. The lowest BCUT2D eigenvalue weighted by molar-refractivity contribution is 0.0698. The monoisotopic (exact) mass is 365 g/mol. The van der Waals surface area contributed by atoms with E-state index in [1.807, 2.05) is 0 Å². The molecule has 124 valence electrons. The first-order valence-corrected chi connectivity index (χ1v) is 7.95. The highest BCUT2D eigenvalue weighted by molar-refractivity contribution is 6.35. The quantitative estimate of drug-likeness (QED) is 0.673. The third-order valence-electron chi connectivity index (χ3n) is 3.43. The number of halogens is 2. The summed E-state index contributed by atoms with van der Waals surface area (Å²) in [6.07, 6.45) is 3.01. The summed E-state index contributed by atoms with van der Waals surface area (Å²) in [6, 6.07) is 8.21. The minimum atomic E-state index is -1.03. The summed E-state index contributed by atoms with van der Waals surface area (Å²) < 4.78 is 7.30. The van der Waals surface area contributed by atoms with Gasteiger partial charge in [0.1, 0.15) is 17.1 Å². The van der Waals surface area contributed by atoms with Crippen molar-refractivity contribution in [2.75, 3.05) is 6.61 Å². The number of fused-ring (bicyclic) bond motifs is 1. The Morgan fingerprint density at radius 3 is 2.83 bits per heavy atom. The van der Waals surface area contributed by atoms with Gasteiger partial charge in [-0.25, -0.2) is 4.79 Å². The van der Waals surface area contributed by atoms with Gasteiger partial charge >= 0.3 is 5.97 Å². The van der Waals surface area contributed by atoms with Crippen LogP contribution in [0.25, 0.3) is 5.65 Å². The molecule has 0 spiro atoms. The van der Waals surface area contributed by atoms with Gasteiger partial charge in [0.25, 0.3) is 0 Å². The Hall–Kier alpha value is -2.31. The van der Waals surface area contributed by atoms with Crippen LogP contribution in [0, 0.1) is 0 Å². The maximum atomic E-state index is 11.2. The average Bonchev–Trinajstić information content (AvgIpc) is 2.96. The molecule has 0 atom stereocenters. The number of hydrogen-bond acceptors (Lipinski definition) is 4. The second kappa shape index (κ2) is 7.07. The van der Waals surface area contributed by atoms with Crippen LogP contribution in [0.4, 0.5) is 0 Å². The number of carboxylic acids is 1. The number of rotatable bonds is 6. The number of pyridine rings is 1. The Morgan fingerprint density at radius 2 is 2.08 bits per heavy atom.